The van der Waals surface area contributed by atoms with Crippen molar-refractivity contribution in [2.45, 2.75) is 17.1 Å². The number of benzene rings is 1. The Kier molecular flexibility index (Phi) is 5.84. The molecule has 0 heterocycles. The SMILES string of the molecule is C=CCNCC(C)Sc1ccccc1Cl. The van der Waals surface area contributed by atoms with Crippen LogP contribution in [-0.4, -0.2) is 18.3 Å². The van der Waals surface area contributed by atoms with Gasteiger partial charge >= 0.3 is 0 Å². The molecule has 0 fully saturated rings. The smallest absolute Gasteiger partial charge is 0.0541 e. The van der Waals surface area contributed by atoms with Gasteiger partial charge in [-0.25, -0.2) is 0 Å². The van der Waals surface area contributed by atoms with Crippen LogP contribution in [0.15, 0.2) is 41.8 Å². The predicted molar refractivity (Wildman–Crippen MR) is 69.8 cm³/mol. The fourth-order valence-electron chi connectivity index (χ4n) is 1.19. The molecule has 0 amide bonds. The van der Waals surface area contributed by atoms with Crippen molar-refractivity contribution >= 4 is 23.4 Å². The summed E-state index contributed by atoms with van der Waals surface area (Å²) in [5.41, 5.74) is 0. The molecule has 15 heavy (non-hydrogen) atoms. The van der Waals surface area contributed by atoms with Crippen LogP contribution in [0.25, 0.3) is 0 Å². The molecule has 0 radical (unpaired) electrons. The summed E-state index contributed by atoms with van der Waals surface area (Å²) in [6.45, 7) is 7.66. The molecule has 0 spiro atoms. The zero-order valence-electron chi connectivity index (χ0n) is 8.87. The highest BCUT2D eigenvalue weighted by molar-refractivity contribution is 8.00. The molecule has 1 N–H and O–H groups in total. The maximum Gasteiger partial charge on any atom is 0.0541 e. The molecule has 3 heteroatoms. The summed E-state index contributed by atoms with van der Waals surface area (Å²) in [5.74, 6) is 0. The number of nitrogens with one attached hydrogen (secondary N) is 1. The van der Waals surface area contributed by atoms with Crippen LogP contribution in [0.4, 0.5) is 0 Å². The van der Waals surface area contributed by atoms with E-state index in [9.17, 15) is 0 Å². The Balaban J connectivity index is 2.40. The van der Waals surface area contributed by atoms with E-state index in [4.69, 9.17) is 11.6 Å². The van der Waals surface area contributed by atoms with Gasteiger partial charge < -0.3 is 5.32 Å². The van der Waals surface area contributed by atoms with Gasteiger partial charge in [0.15, 0.2) is 0 Å². The minimum atomic E-state index is 0.504. The van der Waals surface area contributed by atoms with E-state index in [1.165, 1.54) is 0 Å². The minimum Gasteiger partial charge on any atom is -0.312 e. The van der Waals surface area contributed by atoms with Crippen LogP contribution in [0.1, 0.15) is 6.92 Å². The van der Waals surface area contributed by atoms with E-state index >= 15 is 0 Å². The minimum absolute atomic E-state index is 0.504. The largest absolute Gasteiger partial charge is 0.312 e. The number of hydrogen-bond donors (Lipinski definition) is 1. The highest BCUT2D eigenvalue weighted by Gasteiger charge is 2.05. The Labute approximate surface area is 101 Å². The summed E-state index contributed by atoms with van der Waals surface area (Å²) < 4.78 is 0. The molecule has 1 unspecified atom stereocenters. The topological polar surface area (TPSA) is 12.0 Å². The van der Waals surface area contributed by atoms with Gasteiger partial charge in [0.2, 0.25) is 0 Å². The Morgan fingerprint density at radius 2 is 2.27 bits per heavy atom. The molecule has 0 saturated carbocycles. The standard InChI is InChI=1S/C12H16ClNS/c1-3-8-14-9-10(2)15-12-7-5-4-6-11(12)13/h3-7,10,14H,1,8-9H2,2H3. The van der Waals surface area contributed by atoms with Crippen molar-refractivity contribution in [3.05, 3.63) is 41.9 Å². The summed E-state index contributed by atoms with van der Waals surface area (Å²) >= 11 is 7.86. The van der Waals surface area contributed by atoms with Crippen LogP contribution in [0.2, 0.25) is 5.02 Å². The Morgan fingerprint density at radius 1 is 1.53 bits per heavy atom. The van der Waals surface area contributed by atoms with Gasteiger partial charge in [0.25, 0.3) is 0 Å². The van der Waals surface area contributed by atoms with E-state index < -0.39 is 0 Å². The van der Waals surface area contributed by atoms with Crippen molar-refractivity contribution in [2.24, 2.45) is 0 Å². The third-order valence-corrected chi connectivity index (χ3v) is 3.51. The second-order valence-corrected chi connectivity index (χ2v) is 5.19. The monoisotopic (exact) mass is 241 g/mol. The van der Waals surface area contributed by atoms with Gasteiger partial charge in [-0.3, -0.25) is 0 Å². The van der Waals surface area contributed by atoms with Crippen LogP contribution in [0.3, 0.4) is 0 Å². The van der Waals surface area contributed by atoms with Crippen LogP contribution in [0, 0.1) is 0 Å². The molecule has 1 atom stereocenters. The second-order valence-electron chi connectivity index (χ2n) is 3.31. The first-order valence-corrected chi connectivity index (χ1v) is 6.22. The van der Waals surface area contributed by atoms with Gasteiger partial charge in [0.05, 0.1) is 5.02 Å². The van der Waals surface area contributed by atoms with Gasteiger partial charge in [-0.05, 0) is 12.1 Å². The van der Waals surface area contributed by atoms with Crippen molar-refractivity contribution in [1.82, 2.24) is 5.32 Å². The lowest BCUT2D eigenvalue weighted by molar-refractivity contribution is 0.740. The molecular weight excluding hydrogens is 226 g/mol. The van der Waals surface area contributed by atoms with Crippen LogP contribution < -0.4 is 5.32 Å². The quantitative estimate of drug-likeness (QED) is 0.464. The van der Waals surface area contributed by atoms with Crippen LogP contribution in [-0.2, 0) is 0 Å². The molecule has 0 saturated heterocycles. The summed E-state index contributed by atoms with van der Waals surface area (Å²) in [4.78, 5) is 1.15. The zero-order chi connectivity index (χ0) is 11.1. The average molecular weight is 242 g/mol. The Morgan fingerprint density at radius 3 is 2.93 bits per heavy atom. The molecule has 0 aromatic heterocycles. The van der Waals surface area contributed by atoms with E-state index in [1.54, 1.807) is 11.8 Å². The number of hydrogen-bond acceptors (Lipinski definition) is 2. The predicted octanol–water partition coefficient (Wildman–Crippen LogP) is 3.60. The molecule has 0 bridgehead atoms. The van der Waals surface area contributed by atoms with E-state index in [0.29, 0.717) is 5.25 Å². The molecule has 0 aliphatic carbocycles. The summed E-state index contributed by atoms with van der Waals surface area (Å²) in [6, 6.07) is 7.94. The first-order valence-electron chi connectivity index (χ1n) is 4.97. The Hall–Kier alpha value is -0.440. The second kappa shape index (κ2) is 6.94. The van der Waals surface area contributed by atoms with E-state index in [0.717, 1.165) is 23.0 Å². The maximum absolute atomic E-state index is 6.07. The van der Waals surface area contributed by atoms with Gasteiger partial charge in [0.1, 0.15) is 0 Å². The highest BCUT2D eigenvalue weighted by atomic mass is 35.5. The lowest BCUT2D eigenvalue weighted by Gasteiger charge is -2.12. The molecule has 1 rings (SSSR count). The molecule has 1 aromatic carbocycles. The fourth-order valence-corrected chi connectivity index (χ4v) is 2.43. The normalized spacial score (nSPS) is 12.4. The molecule has 82 valence electrons. The van der Waals surface area contributed by atoms with E-state index in [1.807, 2.05) is 24.3 Å². The average Bonchev–Trinajstić information content (AvgIpc) is 2.22. The van der Waals surface area contributed by atoms with Crippen molar-refractivity contribution < 1.29 is 0 Å². The summed E-state index contributed by atoms with van der Waals surface area (Å²) in [6.07, 6.45) is 1.87. The van der Waals surface area contributed by atoms with Crippen molar-refractivity contribution in [2.75, 3.05) is 13.1 Å². The first-order chi connectivity index (χ1) is 7.24. The fraction of sp³-hybridized carbons (Fsp3) is 0.333. The molecule has 1 nitrogen and oxygen atoms in total. The maximum atomic E-state index is 6.07. The third kappa shape index (κ3) is 4.74. The van der Waals surface area contributed by atoms with Gasteiger partial charge in [-0.2, -0.15) is 0 Å². The lowest BCUT2D eigenvalue weighted by atomic mass is 10.4. The Bertz CT molecular complexity index is 314. The van der Waals surface area contributed by atoms with Crippen molar-refractivity contribution in [1.29, 1.82) is 0 Å². The molecular formula is C12H16ClNS. The van der Waals surface area contributed by atoms with Crippen LogP contribution >= 0.6 is 23.4 Å². The zero-order valence-corrected chi connectivity index (χ0v) is 10.4. The van der Waals surface area contributed by atoms with Gasteiger partial charge in [-0.15, -0.1) is 18.3 Å². The summed E-state index contributed by atoms with van der Waals surface area (Å²) in [5, 5.41) is 4.63. The molecule has 0 aliphatic heterocycles. The lowest BCUT2D eigenvalue weighted by Crippen LogP contribution is -2.22. The first kappa shape index (κ1) is 12.6. The van der Waals surface area contributed by atoms with Crippen LogP contribution in [0.5, 0.6) is 0 Å². The van der Waals surface area contributed by atoms with Gasteiger partial charge in [0, 0.05) is 23.2 Å². The third-order valence-electron chi connectivity index (χ3n) is 1.89. The number of rotatable bonds is 6. The number of thioether (sulfide) groups is 1. The van der Waals surface area contributed by atoms with Crippen molar-refractivity contribution in [3.63, 3.8) is 0 Å². The molecule has 0 aliphatic rings. The van der Waals surface area contributed by atoms with Crippen molar-refractivity contribution in [3.8, 4) is 0 Å². The van der Waals surface area contributed by atoms with E-state index in [2.05, 4.69) is 24.9 Å². The highest BCUT2D eigenvalue weighted by Crippen LogP contribution is 2.29. The summed E-state index contributed by atoms with van der Waals surface area (Å²) in [7, 11) is 0. The number of halogens is 1. The molecule has 1 aromatic rings. The van der Waals surface area contributed by atoms with Gasteiger partial charge in [-0.1, -0.05) is 36.7 Å². The van der Waals surface area contributed by atoms with E-state index in [-0.39, 0.29) is 0 Å².